The second-order valence-electron chi connectivity index (χ2n) is 6.08. The molecule has 124 valence electrons. The van der Waals surface area contributed by atoms with Crippen LogP contribution in [0, 0.1) is 6.92 Å². The Kier molecular flexibility index (Phi) is 4.97. The Bertz CT molecular complexity index is 758. The molecule has 1 fully saturated rings. The molecule has 1 saturated heterocycles. The lowest BCUT2D eigenvalue weighted by Gasteiger charge is -2.14. The van der Waals surface area contributed by atoms with E-state index in [1.165, 1.54) is 4.90 Å². The van der Waals surface area contributed by atoms with Crippen molar-refractivity contribution in [3.8, 4) is 0 Å². The third-order valence-corrected chi connectivity index (χ3v) is 4.67. The van der Waals surface area contributed by atoms with Crippen molar-refractivity contribution in [2.75, 3.05) is 11.4 Å². The molecule has 0 spiro atoms. The lowest BCUT2D eigenvalue weighted by Crippen LogP contribution is -2.92. The number of quaternary nitrogens is 1. The van der Waals surface area contributed by atoms with Crippen LogP contribution in [0.1, 0.15) is 17.5 Å². The maximum absolute atomic E-state index is 12.6. The standard InChI is InChI=1S/C19H19ClN2O2/c1-13-6-8-15(9-7-13)22-18(23)12-17(19(22)24)21-11-10-14-4-2-3-5-16(14)20/h2-9,17,21H,10-12H2,1H3/p+1/t17-/m0/s1. The molecule has 2 amide bonds. The number of carbonyl (C=O) groups is 2. The number of imide groups is 1. The summed E-state index contributed by atoms with van der Waals surface area (Å²) in [5.41, 5.74) is 2.81. The molecule has 1 aliphatic rings. The van der Waals surface area contributed by atoms with Crippen LogP contribution in [0.5, 0.6) is 0 Å². The van der Waals surface area contributed by atoms with Gasteiger partial charge in [-0.3, -0.25) is 9.59 Å². The van der Waals surface area contributed by atoms with Crippen molar-refractivity contribution >= 4 is 29.1 Å². The molecule has 2 aromatic carbocycles. The molecule has 5 heteroatoms. The first kappa shape index (κ1) is 16.7. The molecule has 1 heterocycles. The van der Waals surface area contributed by atoms with Gasteiger partial charge in [0.25, 0.3) is 5.91 Å². The number of carbonyl (C=O) groups excluding carboxylic acids is 2. The van der Waals surface area contributed by atoms with Gasteiger partial charge in [-0.25, -0.2) is 4.90 Å². The second-order valence-corrected chi connectivity index (χ2v) is 6.49. The van der Waals surface area contributed by atoms with Crippen LogP contribution in [-0.2, 0) is 16.0 Å². The monoisotopic (exact) mass is 343 g/mol. The van der Waals surface area contributed by atoms with Crippen molar-refractivity contribution in [1.29, 1.82) is 0 Å². The summed E-state index contributed by atoms with van der Waals surface area (Å²) in [6.45, 7) is 2.69. The Balaban J connectivity index is 1.62. The summed E-state index contributed by atoms with van der Waals surface area (Å²) in [6, 6.07) is 14.8. The molecule has 0 bridgehead atoms. The number of nitrogens with two attached hydrogens (primary N) is 1. The first-order valence-corrected chi connectivity index (χ1v) is 8.44. The maximum Gasteiger partial charge on any atom is 0.292 e. The highest BCUT2D eigenvalue weighted by molar-refractivity contribution is 6.31. The Morgan fingerprint density at radius 1 is 1.12 bits per heavy atom. The van der Waals surface area contributed by atoms with Gasteiger partial charge in [0.2, 0.25) is 5.91 Å². The minimum atomic E-state index is -0.346. The lowest BCUT2D eigenvalue weighted by molar-refractivity contribution is -0.674. The largest absolute Gasteiger partial charge is 0.335 e. The van der Waals surface area contributed by atoms with Crippen molar-refractivity contribution in [3.63, 3.8) is 0 Å². The number of hydrogen-bond donors (Lipinski definition) is 1. The zero-order valence-corrected chi connectivity index (χ0v) is 14.3. The van der Waals surface area contributed by atoms with Crippen LogP contribution in [0.2, 0.25) is 5.02 Å². The number of rotatable bonds is 5. The quantitative estimate of drug-likeness (QED) is 0.845. The summed E-state index contributed by atoms with van der Waals surface area (Å²) in [5, 5.41) is 2.68. The molecule has 1 aliphatic heterocycles. The molecule has 2 N–H and O–H groups in total. The van der Waals surface area contributed by atoms with Crippen LogP contribution in [0.4, 0.5) is 5.69 Å². The Labute approximate surface area is 146 Å². The number of benzene rings is 2. The van der Waals surface area contributed by atoms with Crippen molar-refractivity contribution in [3.05, 3.63) is 64.7 Å². The zero-order chi connectivity index (χ0) is 17.1. The lowest BCUT2D eigenvalue weighted by atomic mass is 10.1. The molecule has 2 aromatic rings. The van der Waals surface area contributed by atoms with Crippen molar-refractivity contribution in [1.82, 2.24) is 0 Å². The molecule has 0 aliphatic carbocycles. The summed E-state index contributed by atoms with van der Waals surface area (Å²) in [7, 11) is 0. The number of hydrogen-bond acceptors (Lipinski definition) is 2. The SMILES string of the molecule is Cc1ccc(N2C(=O)C[C@H]([NH2+]CCc3ccccc3Cl)C2=O)cc1. The summed E-state index contributed by atoms with van der Waals surface area (Å²) < 4.78 is 0. The fraction of sp³-hybridized carbons (Fsp3) is 0.263. The summed E-state index contributed by atoms with van der Waals surface area (Å²) in [4.78, 5) is 26.1. The number of amides is 2. The van der Waals surface area contributed by atoms with E-state index < -0.39 is 0 Å². The molecule has 3 rings (SSSR count). The summed E-state index contributed by atoms with van der Waals surface area (Å²) in [6.07, 6.45) is 1.01. The highest BCUT2D eigenvalue weighted by Gasteiger charge is 2.41. The van der Waals surface area contributed by atoms with E-state index in [2.05, 4.69) is 0 Å². The van der Waals surface area contributed by atoms with E-state index >= 15 is 0 Å². The highest BCUT2D eigenvalue weighted by atomic mass is 35.5. The van der Waals surface area contributed by atoms with E-state index in [0.717, 1.165) is 29.1 Å². The van der Waals surface area contributed by atoms with Gasteiger partial charge in [-0.05, 0) is 30.7 Å². The molecule has 24 heavy (non-hydrogen) atoms. The van der Waals surface area contributed by atoms with Crippen LogP contribution < -0.4 is 10.2 Å². The molecule has 1 atom stereocenters. The Morgan fingerprint density at radius 2 is 1.83 bits per heavy atom. The van der Waals surface area contributed by atoms with Crippen LogP contribution in [0.15, 0.2) is 48.5 Å². The molecule has 0 saturated carbocycles. The average Bonchev–Trinajstić information content (AvgIpc) is 2.84. The van der Waals surface area contributed by atoms with Gasteiger partial charge in [-0.15, -0.1) is 0 Å². The predicted molar refractivity (Wildman–Crippen MR) is 94.0 cm³/mol. The topological polar surface area (TPSA) is 54.0 Å². The van der Waals surface area contributed by atoms with E-state index in [1.807, 2.05) is 60.8 Å². The van der Waals surface area contributed by atoms with Crippen molar-refractivity contribution in [2.24, 2.45) is 0 Å². The number of aryl methyl sites for hydroxylation is 1. The smallest absolute Gasteiger partial charge is 0.292 e. The first-order valence-electron chi connectivity index (χ1n) is 8.06. The minimum absolute atomic E-state index is 0.136. The van der Waals surface area contributed by atoms with Gasteiger partial charge in [-0.1, -0.05) is 47.5 Å². The maximum atomic E-state index is 12.6. The van der Waals surface area contributed by atoms with Gasteiger partial charge in [0.05, 0.1) is 18.7 Å². The molecular formula is C19H20ClN2O2+. The molecule has 0 aromatic heterocycles. The summed E-state index contributed by atoms with van der Waals surface area (Å²) in [5.74, 6) is -0.272. The molecule has 0 radical (unpaired) electrons. The fourth-order valence-corrected chi connectivity index (χ4v) is 3.18. The fourth-order valence-electron chi connectivity index (χ4n) is 2.95. The third-order valence-electron chi connectivity index (χ3n) is 4.30. The second kappa shape index (κ2) is 7.16. The van der Waals surface area contributed by atoms with Crippen LogP contribution >= 0.6 is 11.6 Å². The van der Waals surface area contributed by atoms with Gasteiger partial charge in [-0.2, -0.15) is 0 Å². The van der Waals surface area contributed by atoms with Gasteiger partial charge in [0.1, 0.15) is 0 Å². The van der Waals surface area contributed by atoms with E-state index in [4.69, 9.17) is 11.6 Å². The Morgan fingerprint density at radius 3 is 2.54 bits per heavy atom. The van der Waals surface area contributed by atoms with Crippen molar-refractivity contribution < 1.29 is 14.9 Å². The predicted octanol–water partition coefficient (Wildman–Crippen LogP) is 2.09. The number of halogens is 1. The number of nitrogens with zero attached hydrogens (tertiary/aromatic N) is 1. The molecule has 0 unspecified atom stereocenters. The van der Waals surface area contributed by atoms with Gasteiger partial charge >= 0.3 is 0 Å². The van der Waals surface area contributed by atoms with Crippen LogP contribution in [0.3, 0.4) is 0 Å². The van der Waals surface area contributed by atoms with E-state index in [-0.39, 0.29) is 24.3 Å². The van der Waals surface area contributed by atoms with Crippen LogP contribution in [-0.4, -0.2) is 24.4 Å². The van der Waals surface area contributed by atoms with Crippen molar-refractivity contribution in [2.45, 2.75) is 25.8 Å². The molecular weight excluding hydrogens is 324 g/mol. The minimum Gasteiger partial charge on any atom is -0.335 e. The zero-order valence-electron chi connectivity index (χ0n) is 13.5. The van der Waals surface area contributed by atoms with E-state index in [0.29, 0.717) is 5.69 Å². The van der Waals surface area contributed by atoms with Gasteiger partial charge in [0.15, 0.2) is 6.04 Å². The summed E-state index contributed by atoms with van der Waals surface area (Å²) >= 11 is 6.14. The van der Waals surface area contributed by atoms with Gasteiger partial charge in [0, 0.05) is 11.4 Å². The first-order chi connectivity index (χ1) is 11.6. The molecule has 4 nitrogen and oxygen atoms in total. The highest BCUT2D eigenvalue weighted by Crippen LogP contribution is 2.22. The third kappa shape index (κ3) is 3.50. The van der Waals surface area contributed by atoms with Crippen LogP contribution in [0.25, 0.3) is 0 Å². The normalized spacial score (nSPS) is 17.6. The average molecular weight is 344 g/mol. The van der Waals surface area contributed by atoms with E-state index in [1.54, 1.807) is 0 Å². The van der Waals surface area contributed by atoms with E-state index in [9.17, 15) is 9.59 Å². The Hall–Kier alpha value is -2.17. The number of anilines is 1. The van der Waals surface area contributed by atoms with Gasteiger partial charge < -0.3 is 5.32 Å².